The number of imidazole rings is 1. The molecule has 1 saturated heterocycles. The molecule has 9 nitrogen and oxygen atoms in total. The van der Waals surface area contributed by atoms with E-state index in [0.29, 0.717) is 40.9 Å². The monoisotopic (exact) mass is 545 g/mol. The average Bonchev–Trinajstić information content (AvgIpc) is 3.33. The van der Waals surface area contributed by atoms with Crippen LogP contribution in [0.5, 0.6) is 5.75 Å². The molecule has 4 aromatic rings. The van der Waals surface area contributed by atoms with Gasteiger partial charge < -0.3 is 30.8 Å². The molecule has 2 atom stereocenters. The molecule has 0 aliphatic carbocycles. The van der Waals surface area contributed by atoms with Crippen LogP contribution in [0.3, 0.4) is 0 Å². The molecular formula is C26H27F4N7O2. The van der Waals surface area contributed by atoms with Crippen LogP contribution in [0.15, 0.2) is 43.0 Å². The van der Waals surface area contributed by atoms with Crippen molar-refractivity contribution in [3.05, 3.63) is 60.2 Å². The smallest absolute Gasteiger partial charge is 0.265 e. The number of benzene rings is 2. The molecule has 3 heterocycles. The van der Waals surface area contributed by atoms with Gasteiger partial charge in [0.2, 0.25) is 0 Å². The van der Waals surface area contributed by atoms with Crippen LogP contribution in [-0.2, 0) is 6.54 Å². The van der Waals surface area contributed by atoms with Crippen molar-refractivity contribution in [3.8, 4) is 16.9 Å². The molecule has 0 spiro atoms. The maximum Gasteiger partial charge on any atom is 0.265 e. The summed E-state index contributed by atoms with van der Waals surface area (Å²) in [6, 6.07) is 7.03. The largest absolute Gasteiger partial charge is 0.494 e. The Morgan fingerprint density at radius 2 is 1.92 bits per heavy atom. The lowest BCUT2D eigenvalue weighted by Gasteiger charge is -2.44. The highest BCUT2D eigenvalue weighted by Crippen LogP contribution is 2.36. The van der Waals surface area contributed by atoms with Gasteiger partial charge in [-0.2, -0.15) is 0 Å². The number of fused-ring (bicyclic) bond motifs is 1. The number of anilines is 2. The number of nitrogens with two attached hydrogens (primary N) is 2. The maximum absolute atomic E-state index is 15.0. The molecule has 0 saturated carbocycles. The lowest BCUT2D eigenvalue weighted by molar-refractivity contribution is -0.0529. The molecule has 2 aromatic heterocycles. The Morgan fingerprint density at radius 1 is 1.13 bits per heavy atom. The van der Waals surface area contributed by atoms with E-state index in [1.165, 1.54) is 19.8 Å². The van der Waals surface area contributed by atoms with Gasteiger partial charge in [-0.05, 0) is 42.2 Å². The van der Waals surface area contributed by atoms with Crippen molar-refractivity contribution >= 4 is 22.7 Å². The van der Waals surface area contributed by atoms with Gasteiger partial charge >= 0.3 is 0 Å². The number of halogens is 4. The number of aromatic nitrogens is 4. The van der Waals surface area contributed by atoms with Gasteiger partial charge in [-0.3, -0.25) is 0 Å². The van der Waals surface area contributed by atoms with Crippen LogP contribution in [0, 0.1) is 11.6 Å². The van der Waals surface area contributed by atoms with E-state index in [0.717, 1.165) is 12.1 Å². The average molecular weight is 546 g/mol. The molecule has 206 valence electrons. The highest BCUT2D eigenvalue weighted by molar-refractivity contribution is 5.81. The SMILES string of the molecule is COc1cc(F)c(-c2ccc(N3CCC[C@](N)([C@@H](O)C(F)F)C3)c(Cn3cnc4c(N)ncnc43)c2)cc1F. The van der Waals surface area contributed by atoms with Gasteiger partial charge in [0.1, 0.15) is 23.8 Å². The Morgan fingerprint density at radius 3 is 2.67 bits per heavy atom. The molecule has 5 rings (SSSR count). The molecule has 0 bridgehead atoms. The topological polar surface area (TPSA) is 128 Å². The Balaban J connectivity index is 1.60. The van der Waals surface area contributed by atoms with Crippen molar-refractivity contribution in [2.45, 2.75) is 37.5 Å². The normalized spacial score (nSPS) is 18.6. The van der Waals surface area contributed by atoms with Crippen LogP contribution in [0.2, 0.25) is 0 Å². The molecule has 1 aliphatic heterocycles. The number of piperidine rings is 1. The number of hydrogen-bond donors (Lipinski definition) is 3. The third-order valence-electron chi connectivity index (χ3n) is 7.13. The van der Waals surface area contributed by atoms with Crippen LogP contribution in [0.25, 0.3) is 22.3 Å². The first-order valence-corrected chi connectivity index (χ1v) is 12.2. The number of rotatable bonds is 7. The molecule has 0 amide bonds. The van der Waals surface area contributed by atoms with Crippen molar-refractivity contribution < 1.29 is 27.4 Å². The standard InChI is InChI=1S/C26H27F4N7O2/c1-39-20-9-17(27)16(8-18(20)28)14-3-4-19(36-6-2-5-26(32,11-36)22(38)23(29)30)15(7-14)10-37-13-35-21-24(31)33-12-34-25(21)37/h3-4,7-9,12-13,22-23,38H,2,5-6,10-11,32H2,1H3,(H2,31,33,34)/t22-,26+/m0/s1. The molecule has 0 radical (unpaired) electrons. The maximum atomic E-state index is 15.0. The third-order valence-corrected chi connectivity index (χ3v) is 7.13. The van der Waals surface area contributed by atoms with Gasteiger partial charge in [-0.1, -0.05) is 6.07 Å². The second-order valence-electron chi connectivity index (χ2n) is 9.65. The van der Waals surface area contributed by atoms with Crippen LogP contribution < -0.4 is 21.1 Å². The summed E-state index contributed by atoms with van der Waals surface area (Å²) in [5.41, 5.74) is 13.2. The highest BCUT2D eigenvalue weighted by atomic mass is 19.3. The summed E-state index contributed by atoms with van der Waals surface area (Å²) in [5.74, 6) is -1.43. The van der Waals surface area contributed by atoms with Gasteiger partial charge in [-0.25, -0.2) is 32.5 Å². The first kappa shape index (κ1) is 26.6. The lowest BCUT2D eigenvalue weighted by Crippen LogP contribution is -2.63. The fourth-order valence-electron chi connectivity index (χ4n) is 5.10. The molecular weight excluding hydrogens is 518 g/mol. The second kappa shape index (κ2) is 10.3. The predicted molar refractivity (Wildman–Crippen MR) is 138 cm³/mol. The molecule has 39 heavy (non-hydrogen) atoms. The number of methoxy groups -OCH3 is 1. The Bertz CT molecular complexity index is 1520. The summed E-state index contributed by atoms with van der Waals surface area (Å²) >= 11 is 0. The zero-order valence-electron chi connectivity index (χ0n) is 21.0. The summed E-state index contributed by atoms with van der Waals surface area (Å²) in [6.07, 6.45) is -1.46. The van der Waals surface area contributed by atoms with Crippen LogP contribution in [0.1, 0.15) is 18.4 Å². The number of aliphatic hydroxyl groups excluding tert-OH is 1. The summed E-state index contributed by atoms with van der Waals surface area (Å²) < 4.78 is 62.9. The Kier molecular flexibility index (Phi) is 7.03. The van der Waals surface area contributed by atoms with Gasteiger partial charge in [0, 0.05) is 30.4 Å². The molecule has 5 N–H and O–H groups in total. The summed E-state index contributed by atoms with van der Waals surface area (Å²) in [4.78, 5) is 14.3. The zero-order chi connectivity index (χ0) is 27.9. The Labute approximate surface area is 221 Å². The minimum Gasteiger partial charge on any atom is -0.494 e. The molecule has 1 fully saturated rings. The minimum absolute atomic E-state index is 0.0168. The number of hydrogen-bond acceptors (Lipinski definition) is 8. The van der Waals surface area contributed by atoms with E-state index in [9.17, 15) is 22.7 Å². The van der Waals surface area contributed by atoms with Crippen LogP contribution in [0.4, 0.5) is 29.1 Å². The molecule has 1 aliphatic rings. The predicted octanol–water partition coefficient (Wildman–Crippen LogP) is 3.33. The lowest BCUT2D eigenvalue weighted by atomic mass is 9.84. The number of ether oxygens (including phenoxy) is 1. The van der Waals surface area contributed by atoms with Gasteiger partial charge in [0.05, 0.1) is 25.5 Å². The van der Waals surface area contributed by atoms with Gasteiger partial charge in [0.15, 0.2) is 23.0 Å². The van der Waals surface area contributed by atoms with Crippen LogP contribution >= 0.6 is 0 Å². The summed E-state index contributed by atoms with van der Waals surface area (Å²) in [6.45, 7) is 0.643. The first-order valence-electron chi connectivity index (χ1n) is 12.2. The molecule has 13 heteroatoms. The number of nitrogen functional groups attached to an aromatic ring is 1. The van der Waals surface area contributed by atoms with E-state index in [4.69, 9.17) is 16.2 Å². The van der Waals surface area contributed by atoms with Crippen LogP contribution in [-0.4, -0.2) is 62.9 Å². The van der Waals surface area contributed by atoms with E-state index in [-0.39, 0.29) is 36.6 Å². The number of nitrogens with zero attached hydrogens (tertiary/aromatic N) is 5. The fraction of sp³-hybridized carbons (Fsp3) is 0.346. The number of aliphatic hydroxyl groups is 1. The minimum atomic E-state index is -2.99. The van der Waals surface area contributed by atoms with E-state index in [2.05, 4.69) is 15.0 Å². The Hall–Kier alpha value is -3.97. The van der Waals surface area contributed by atoms with Crippen molar-refractivity contribution in [2.24, 2.45) is 5.73 Å². The second-order valence-corrected chi connectivity index (χ2v) is 9.65. The van der Waals surface area contributed by atoms with E-state index < -0.39 is 29.7 Å². The van der Waals surface area contributed by atoms with E-state index in [1.54, 1.807) is 22.8 Å². The van der Waals surface area contributed by atoms with E-state index in [1.807, 2.05) is 4.90 Å². The molecule has 2 aromatic carbocycles. The van der Waals surface area contributed by atoms with Crippen molar-refractivity contribution in [2.75, 3.05) is 30.8 Å². The van der Waals surface area contributed by atoms with E-state index >= 15 is 0 Å². The number of alkyl halides is 2. The summed E-state index contributed by atoms with van der Waals surface area (Å²) in [5, 5.41) is 10.2. The first-order chi connectivity index (χ1) is 18.6. The fourth-order valence-corrected chi connectivity index (χ4v) is 5.10. The van der Waals surface area contributed by atoms with Gasteiger partial charge in [0.25, 0.3) is 6.43 Å². The molecule has 0 unspecified atom stereocenters. The quantitative estimate of drug-likeness (QED) is 0.302. The van der Waals surface area contributed by atoms with Crippen molar-refractivity contribution in [1.82, 2.24) is 19.5 Å². The zero-order valence-corrected chi connectivity index (χ0v) is 21.0. The van der Waals surface area contributed by atoms with Crippen molar-refractivity contribution in [1.29, 1.82) is 0 Å². The van der Waals surface area contributed by atoms with Gasteiger partial charge in [-0.15, -0.1) is 0 Å². The summed E-state index contributed by atoms with van der Waals surface area (Å²) in [7, 11) is 1.25. The highest BCUT2D eigenvalue weighted by Gasteiger charge is 2.43. The van der Waals surface area contributed by atoms with Crippen molar-refractivity contribution in [3.63, 3.8) is 0 Å². The third kappa shape index (κ3) is 4.94.